The SMILES string of the molecule is CCC(C)(CO)N1C(=O)CC(C)(C)CC1=O. The minimum atomic E-state index is -0.745. The summed E-state index contributed by atoms with van der Waals surface area (Å²) in [6, 6.07) is 0. The van der Waals surface area contributed by atoms with Gasteiger partial charge in [0.05, 0.1) is 12.1 Å². The molecule has 0 aromatic rings. The van der Waals surface area contributed by atoms with Gasteiger partial charge in [0, 0.05) is 12.8 Å². The van der Waals surface area contributed by atoms with Crippen LogP contribution in [0.15, 0.2) is 0 Å². The molecule has 0 aromatic carbocycles. The molecule has 1 fully saturated rings. The van der Waals surface area contributed by atoms with Gasteiger partial charge in [-0.25, -0.2) is 0 Å². The fraction of sp³-hybridized carbons (Fsp3) is 0.833. The summed E-state index contributed by atoms with van der Waals surface area (Å²) in [4.78, 5) is 25.2. The van der Waals surface area contributed by atoms with Crippen LogP contribution in [0.1, 0.15) is 47.0 Å². The summed E-state index contributed by atoms with van der Waals surface area (Å²) in [7, 11) is 0. The lowest BCUT2D eigenvalue weighted by molar-refractivity contribution is -0.162. The topological polar surface area (TPSA) is 57.6 Å². The highest BCUT2D eigenvalue weighted by Crippen LogP contribution is 2.35. The summed E-state index contributed by atoms with van der Waals surface area (Å²) in [5.41, 5.74) is -1.00. The van der Waals surface area contributed by atoms with E-state index < -0.39 is 5.54 Å². The molecule has 4 nitrogen and oxygen atoms in total. The van der Waals surface area contributed by atoms with E-state index in [0.29, 0.717) is 19.3 Å². The molecule has 0 bridgehead atoms. The van der Waals surface area contributed by atoms with Crippen molar-refractivity contribution in [2.24, 2.45) is 5.41 Å². The van der Waals surface area contributed by atoms with Gasteiger partial charge in [0.1, 0.15) is 0 Å². The van der Waals surface area contributed by atoms with Crippen molar-refractivity contribution in [2.75, 3.05) is 6.61 Å². The molecule has 16 heavy (non-hydrogen) atoms. The number of nitrogens with zero attached hydrogens (tertiary/aromatic N) is 1. The fourth-order valence-corrected chi connectivity index (χ4v) is 2.12. The van der Waals surface area contributed by atoms with Crippen LogP contribution in [0.5, 0.6) is 0 Å². The summed E-state index contributed by atoms with van der Waals surface area (Å²) < 4.78 is 0. The highest BCUT2D eigenvalue weighted by atomic mass is 16.3. The Morgan fingerprint density at radius 1 is 1.31 bits per heavy atom. The Bertz CT molecular complexity index is 285. The molecule has 1 aliphatic heterocycles. The molecule has 2 amide bonds. The number of piperidine rings is 1. The van der Waals surface area contributed by atoms with Crippen LogP contribution in [0.2, 0.25) is 0 Å². The standard InChI is InChI=1S/C12H21NO3/c1-5-12(4,8-14)13-9(15)6-11(2,3)7-10(13)16/h14H,5-8H2,1-4H3. The Labute approximate surface area is 96.6 Å². The third-order valence-corrected chi connectivity index (χ3v) is 3.40. The maximum Gasteiger partial charge on any atom is 0.230 e. The molecule has 4 heteroatoms. The Kier molecular flexibility index (Phi) is 3.43. The number of hydrogen-bond acceptors (Lipinski definition) is 3. The van der Waals surface area contributed by atoms with Crippen LogP contribution in [0.3, 0.4) is 0 Å². The zero-order chi connectivity index (χ0) is 12.6. The van der Waals surface area contributed by atoms with Gasteiger partial charge in [0.25, 0.3) is 0 Å². The number of likely N-dealkylation sites (tertiary alicyclic amines) is 1. The van der Waals surface area contributed by atoms with E-state index in [0.717, 1.165) is 0 Å². The van der Waals surface area contributed by atoms with Crippen molar-refractivity contribution in [3.8, 4) is 0 Å². The van der Waals surface area contributed by atoms with E-state index in [4.69, 9.17) is 0 Å². The maximum absolute atomic E-state index is 12.0. The molecular formula is C12H21NO3. The number of carbonyl (C=O) groups is 2. The Hall–Kier alpha value is -0.900. The van der Waals surface area contributed by atoms with Gasteiger partial charge in [0.15, 0.2) is 0 Å². The summed E-state index contributed by atoms with van der Waals surface area (Å²) >= 11 is 0. The van der Waals surface area contributed by atoms with Crippen LogP contribution in [0.4, 0.5) is 0 Å². The first-order valence-corrected chi connectivity index (χ1v) is 5.72. The summed E-state index contributed by atoms with van der Waals surface area (Å²) in [5, 5.41) is 9.36. The van der Waals surface area contributed by atoms with E-state index in [9.17, 15) is 14.7 Å². The number of carbonyl (C=O) groups excluding carboxylic acids is 2. The van der Waals surface area contributed by atoms with Gasteiger partial charge in [-0.1, -0.05) is 20.8 Å². The Balaban J connectivity index is 2.99. The van der Waals surface area contributed by atoms with Gasteiger partial charge in [-0.2, -0.15) is 0 Å². The molecule has 0 aliphatic carbocycles. The van der Waals surface area contributed by atoms with Crippen LogP contribution in [0, 0.1) is 5.41 Å². The van der Waals surface area contributed by atoms with E-state index in [1.807, 2.05) is 20.8 Å². The number of imide groups is 1. The first kappa shape index (κ1) is 13.2. The largest absolute Gasteiger partial charge is 0.394 e. The molecule has 1 rings (SSSR count). The minimum Gasteiger partial charge on any atom is -0.394 e. The third kappa shape index (κ3) is 2.26. The second-order valence-electron chi connectivity index (χ2n) is 5.65. The predicted octanol–water partition coefficient (Wildman–Crippen LogP) is 1.32. The summed E-state index contributed by atoms with van der Waals surface area (Å²) in [6.45, 7) is 7.28. The molecule has 1 unspecified atom stereocenters. The highest BCUT2D eigenvalue weighted by molar-refractivity contribution is 5.99. The van der Waals surface area contributed by atoms with Crippen LogP contribution in [-0.4, -0.2) is 34.0 Å². The third-order valence-electron chi connectivity index (χ3n) is 3.40. The molecule has 0 saturated carbocycles. The van der Waals surface area contributed by atoms with E-state index >= 15 is 0 Å². The van der Waals surface area contributed by atoms with Crippen molar-refractivity contribution in [3.63, 3.8) is 0 Å². The lowest BCUT2D eigenvalue weighted by Gasteiger charge is -2.44. The van der Waals surface area contributed by atoms with Crippen molar-refractivity contribution < 1.29 is 14.7 Å². The van der Waals surface area contributed by atoms with Gasteiger partial charge in [-0.3, -0.25) is 14.5 Å². The number of aliphatic hydroxyl groups excluding tert-OH is 1. The van der Waals surface area contributed by atoms with E-state index in [2.05, 4.69) is 0 Å². The quantitative estimate of drug-likeness (QED) is 0.740. The Morgan fingerprint density at radius 2 is 1.75 bits per heavy atom. The molecule has 0 spiro atoms. The molecular weight excluding hydrogens is 206 g/mol. The molecule has 1 heterocycles. The predicted molar refractivity (Wildman–Crippen MR) is 60.6 cm³/mol. The van der Waals surface area contributed by atoms with E-state index in [1.54, 1.807) is 6.92 Å². The van der Waals surface area contributed by atoms with Crippen LogP contribution in [0.25, 0.3) is 0 Å². The first-order chi connectivity index (χ1) is 7.25. The monoisotopic (exact) mass is 227 g/mol. The minimum absolute atomic E-state index is 0.167. The number of rotatable bonds is 3. The molecule has 92 valence electrons. The lowest BCUT2D eigenvalue weighted by atomic mass is 9.79. The normalized spacial score (nSPS) is 24.4. The van der Waals surface area contributed by atoms with Crippen molar-refractivity contribution in [1.29, 1.82) is 0 Å². The fourth-order valence-electron chi connectivity index (χ4n) is 2.12. The van der Waals surface area contributed by atoms with Gasteiger partial charge >= 0.3 is 0 Å². The highest BCUT2D eigenvalue weighted by Gasteiger charge is 2.44. The molecule has 1 aliphatic rings. The van der Waals surface area contributed by atoms with Crippen molar-refractivity contribution in [2.45, 2.75) is 52.5 Å². The van der Waals surface area contributed by atoms with Crippen LogP contribution < -0.4 is 0 Å². The average molecular weight is 227 g/mol. The second kappa shape index (κ2) is 4.17. The lowest BCUT2D eigenvalue weighted by Crippen LogP contribution is -2.58. The van der Waals surface area contributed by atoms with Crippen LogP contribution >= 0.6 is 0 Å². The van der Waals surface area contributed by atoms with Crippen molar-refractivity contribution in [1.82, 2.24) is 4.90 Å². The van der Waals surface area contributed by atoms with Gasteiger partial charge in [-0.15, -0.1) is 0 Å². The number of hydrogen-bond donors (Lipinski definition) is 1. The van der Waals surface area contributed by atoms with Gasteiger partial charge in [-0.05, 0) is 18.8 Å². The van der Waals surface area contributed by atoms with E-state index in [-0.39, 0.29) is 23.8 Å². The van der Waals surface area contributed by atoms with E-state index in [1.165, 1.54) is 4.90 Å². The van der Waals surface area contributed by atoms with Crippen molar-refractivity contribution >= 4 is 11.8 Å². The second-order valence-corrected chi connectivity index (χ2v) is 5.65. The molecule has 1 saturated heterocycles. The Morgan fingerprint density at radius 3 is 2.06 bits per heavy atom. The average Bonchev–Trinajstić information content (AvgIpc) is 2.14. The number of aliphatic hydroxyl groups is 1. The number of amides is 2. The van der Waals surface area contributed by atoms with Gasteiger partial charge < -0.3 is 5.11 Å². The van der Waals surface area contributed by atoms with Crippen molar-refractivity contribution in [3.05, 3.63) is 0 Å². The zero-order valence-electron chi connectivity index (χ0n) is 10.5. The van der Waals surface area contributed by atoms with Crippen LogP contribution in [-0.2, 0) is 9.59 Å². The maximum atomic E-state index is 12.0. The molecule has 1 atom stereocenters. The summed E-state index contributed by atoms with van der Waals surface area (Å²) in [5.74, 6) is -0.334. The summed E-state index contributed by atoms with van der Waals surface area (Å²) in [6.07, 6.45) is 1.31. The zero-order valence-corrected chi connectivity index (χ0v) is 10.5. The molecule has 0 radical (unpaired) electrons. The molecule has 1 N–H and O–H groups in total. The smallest absolute Gasteiger partial charge is 0.230 e. The first-order valence-electron chi connectivity index (χ1n) is 5.72. The van der Waals surface area contributed by atoms with Gasteiger partial charge in [0.2, 0.25) is 11.8 Å². The molecule has 0 aromatic heterocycles.